The van der Waals surface area contributed by atoms with E-state index in [1.807, 2.05) is 45.0 Å². The Morgan fingerprint density at radius 2 is 1.76 bits per heavy atom. The van der Waals surface area contributed by atoms with E-state index in [-0.39, 0.29) is 24.1 Å². The molecule has 2 amide bonds. The van der Waals surface area contributed by atoms with Gasteiger partial charge in [0, 0.05) is 13.1 Å². The van der Waals surface area contributed by atoms with E-state index in [1.54, 1.807) is 6.92 Å². The number of carbonyl (C=O) groups excluding carboxylic acids is 2. The van der Waals surface area contributed by atoms with Gasteiger partial charge in [0.25, 0.3) is 0 Å². The molecule has 2 aromatic carbocycles. The van der Waals surface area contributed by atoms with Crippen molar-refractivity contribution in [2.75, 3.05) is 23.7 Å². The van der Waals surface area contributed by atoms with E-state index in [2.05, 4.69) is 5.32 Å². The fraction of sp³-hybridized carbons (Fsp3) is 0.440. The Labute approximate surface area is 202 Å². The molecule has 1 atom stereocenters. The standard InChI is InChI=1S/C25H34FN3O4S/c1-6-23(25(31)27-15-18(2)3)28(16-20-11-8-7-10-19(20)4)24(30)17-29(34(5,32)33)22-13-9-12-21(26)14-22/h7-14,18,23H,6,15-17H2,1-5H3,(H,27,31)/t23-/m0/s1. The molecule has 0 fully saturated rings. The lowest BCUT2D eigenvalue weighted by Crippen LogP contribution is -2.52. The zero-order chi connectivity index (χ0) is 25.5. The van der Waals surface area contributed by atoms with Crippen LogP contribution in [0.3, 0.4) is 0 Å². The van der Waals surface area contributed by atoms with E-state index < -0.39 is 34.3 Å². The average Bonchev–Trinajstić information content (AvgIpc) is 2.76. The summed E-state index contributed by atoms with van der Waals surface area (Å²) in [7, 11) is -3.90. The van der Waals surface area contributed by atoms with Gasteiger partial charge in [-0.2, -0.15) is 0 Å². The van der Waals surface area contributed by atoms with Gasteiger partial charge >= 0.3 is 0 Å². The zero-order valence-electron chi connectivity index (χ0n) is 20.4. The quantitative estimate of drug-likeness (QED) is 0.521. The van der Waals surface area contributed by atoms with Crippen LogP contribution in [0.15, 0.2) is 48.5 Å². The minimum atomic E-state index is -3.90. The summed E-state index contributed by atoms with van der Waals surface area (Å²) in [6.07, 6.45) is 1.31. The topological polar surface area (TPSA) is 86.8 Å². The molecule has 0 aliphatic rings. The second-order valence-corrected chi connectivity index (χ2v) is 10.7. The molecule has 0 aliphatic carbocycles. The number of hydrogen-bond donors (Lipinski definition) is 1. The van der Waals surface area contributed by atoms with Crippen molar-refractivity contribution < 1.29 is 22.4 Å². The van der Waals surface area contributed by atoms with Crippen LogP contribution in [-0.4, -0.2) is 50.5 Å². The number of aryl methyl sites for hydroxylation is 1. The molecule has 9 heteroatoms. The predicted octanol–water partition coefficient (Wildman–Crippen LogP) is 3.48. The van der Waals surface area contributed by atoms with Gasteiger partial charge < -0.3 is 10.2 Å². The maximum atomic E-state index is 13.8. The van der Waals surface area contributed by atoms with Crippen molar-refractivity contribution >= 4 is 27.5 Å². The van der Waals surface area contributed by atoms with Gasteiger partial charge in [-0.25, -0.2) is 12.8 Å². The summed E-state index contributed by atoms with van der Waals surface area (Å²) in [6, 6.07) is 11.8. The second-order valence-electron chi connectivity index (χ2n) is 8.76. The number of sulfonamides is 1. The summed E-state index contributed by atoms with van der Waals surface area (Å²) in [5.74, 6) is -1.23. The molecule has 2 rings (SSSR count). The number of anilines is 1. The smallest absolute Gasteiger partial charge is 0.244 e. The van der Waals surface area contributed by atoms with Crippen LogP contribution in [0.25, 0.3) is 0 Å². The Kier molecular flexibility index (Phi) is 9.61. The molecule has 186 valence electrons. The molecule has 1 N–H and O–H groups in total. The highest BCUT2D eigenvalue weighted by Gasteiger charge is 2.32. The van der Waals surface area contributed by atoms with Gasteiger partial charge in [-0.3, -0.25) is 13.9 Å². The number of rotatable bonds is 11. The average molecular weight is 492 g/mol. The van der Waals surface area contributed by atoms with E-state index >= 15 is 0 Å². The summed E-state index contributed by atoms with van der Waals surface area (Å²) < 4.78 is 39.7. The molecule has 0 saturated heterocycles. The van der Waals surface area contributed by atoms with E-state index in [0.717, 1.165) is 27.8 Å². The lowest BCUT2D eigenvalue weighted by atomic mass is 10.1. The molecule has 0 aliphatic heterocycles. The first kappa shape index (κ1) is 27.3. The molecule has 0 radical (unpaired) electrons. The third-order valence-electron chi connectivity index (χ3n) is 5.45. The monoisotopic (exact) mass is 491 g/mol. The number of hydrogen-bond acceptors (Lipinski definition) is 4. The van der Waals surface area contributed by atoms with Crippen molar-refractivity contribution in [1.82, 2.24) is 10.2 Å². The fourth-order valence-corrected chi connectivity index (χ4v) is 4.40. The summed E-state index contributed by atoms with van der Waals surface area (Å²) in [5.41, 5.74) is 1.84. The van der Waals surface area contributed by atoms with E-state index in [9.17, 15) is 22.4 Å². The molecule has 0 heterocycles. The molecule has 2 aromatic rings. The lowest BCUT2D eigenvalue weighted by molar-refractivity contribution is -0.140. The molecule has 0 unspecified atom stereocenters. The van der Waals surface area contributed by atoms with Crippen LogP contribution in [0.5, 0.6) is 0 Å². The highest BCUT2D eigenvalue weighted by Crippen LogP contribution is 2.21. The molecule has 0 saturated carbocycles. The molecule has 0 spiro atoms. The fourth-order valence-electron chi connectivity index (χ4n) is 3.56. The van der Waals surface area contributed by atoms with Gasteiger partial charge in [0.1, 0.15) is 18.4 Å². The maximum Gasteiger partial charge on any atom is 0.244 e. The third-order valence-corrected chi connectivity index (χ3v) is 6.59. The molecule has 34 heavy (non-hydrogen) atoms. The minimum absolute atomic E-state index is 0.0454. The number of halogens is 1. The van der Waals surface area contributed by atoms with Crippen LogP contribution >= 0.6 is 0 Å². The highest BCUT2D eigenvalue weighted by molar-refractivity contribution is 7.92. The third kappa shape index (κ3) is 7.55. The first-order valence-corrected chi connectivity index (χ1v) is 13.1. The van der Waals surface area contributed by atoms with Crippen molar-refractivity contribution in [1.29, 1.82) is 0 Å². The number of nitrogens with zero attached hydrogens (tertiary/aromatic N) is 2. The number of benzene rings is 2. The first-order valence-electron chi connectivity index (χ1n) is 11.3. The molecule has 0 aromatic heterocycles. The Morgan fingerprint density at radius 3 is 2.32 bits per heavy atom. The lowest BCUT2D eigenvalue weighted by Gasteiger charge is -2.33. The molecule has 0 bridgehead atoms. The molecular weight excluding hydrogens is 457 g/mol. The van der Waals surface area contributed by atoms with Crippen LogP contribution in [0.1, 0.15) is 38.3 Å². The van der Waals surface area contributed by atoms with Gasteiger partial charge in [-0.05, 0) is 48.6 Å². The predicted molar refractivity (Wildman–Crippen MR) is 132 cm³/mol. The first-order chi connectivity index (χ1) is 15.9. The van der Waals surface area contributed by atoms with Gasteiger partial charge in [-0.15, -0.1) is 0 Å². The zero-order valence-corrected chi connectivity index (χ0v) is 21.2. The Bertz CT molecular complexity index is 1100. The summed E-state index contributed by atoms with van der Waals surface area (Å²) in [4.78, 5) is 28.0. The maximum absolute atomic E-state index is 13.8. The van der Waals surface area contributed by atoms with Crippen molar-refractivity contribution in [2.45, 2.75) is 46.7 Å². The van der Waals surface area contributed by atoms with Crippen molar-refractivity contribution in [3.63, 3.8) is 0 Å². The largest absolute Gasteiger partial charge is 0.354 e. The normalized spacial score (nSPS) is 12.3. The molecule has 7 nitrogen and oxygen atoms in total. The summed E-state index contributed by atoms with van der Waals surface area (Å²) >= 11 is 0. The van der Waals surface area contributed by atoms with E-state index in [1.165, 1.54) is 23.1 Å². The second kappa shape index (κ2) is 12.0. The Hall–Kier alpha value is -2.94. The van der Waals surface area contributed by atoms with E-state index in [4.69, 9.17) is 0 Å². The van der Waals surface area contributed by atoms with Crippen molar-refractivity contribution in [3.05, 3.63) is 65.5 Å². The van der Waals surface area contributed by atoms with Crippen LogP contribution < -0.4 is 9.62 Å². The van der Waals surface area contributed by atoms with Crippen molar-refractivity contribution in [3.8, 4) is 0 Å². The van der Waals surface area contributed by atoms with Gasteiger partial charge in [0.15, 0.2) is 0 Å². The van der Waals surface area contributed by atoms with Crippen LogP contribution in [0.4, 0.5) is 10.1 Å². The Balaban J connectivity index is 2.43. The van der Waals surface area contributed by atoms with Crippen LogP contribution in [-0.2, 0) is 26.2 Å². The summed E-state index contributed by atoms with van der Waals surface area (Å²) in [5, 5.41) is 2.88. The minimum Gasteiger partial charge on any atom is -0.354 e. The van der Waals surface area contributed by atoms with Gasteiger partial charge in [0.05, 0.1) is 11.9 Å². The van der Waals surface area contributed by atoms with Crippen LogP contribution in [0, 0.1) is 18.7 Å². The van der Waals surface area contributed by atoms with E-state index in [0.29, 0.717) is 13.0 Å². The number of carbonyl (C=O) groups is 2. The van der Waals surface area contributed by atoms with Gasteiger partial charge in [-0.1, -0.05) is 51.1 Å². The Morgan fingerprint density at radius 1 is 1.09 bits per heavy atom. The van der Waals surface area contributed by atoms with Crippen molar-refractivity contribution in [2.24, 2.45) is 5.92 Å². The molecular formula is C25H34FN3O4S. The van der Waals surface area contributed by atoms with Crippen LogP contribution in [0.2, 0.25) is 0 Å². The highest BCUT2D eigenvalue weighted by atomic mass is 32.2. The number of amides is 2. The SMILES string of the molecule is CC[C@@H](C(=O)NCC(C)C)N(Cc1ccccc1C)C(=O)CN(c1cccc(F)c1)S(C)(=O)=O. The van der Waals surface area contributed by atoms with Gasteiger partial charge in [0.2, 0.25) is 21.8 Å². The number of nitrogens with one attached hydrogen (secondary N) is 1. The summed E-state index contributed by atoms with van der Waals surface area (Å²) in [6.45, 7) is 7.70.